The van der Waals surface area contributed by atoms with Crippen molar-refractivity contribution in [1.82, 2.24) is 19.6 Å². The smallest absolute Gasteiger partial charge is 0.128 e. The Morgan fingerprint density at radius 2 is 2.20 bits per heavy atom. The summed E-state index contributed by atoms with van der Waals surface area (Å²) in [5.41, 5.74) is 2.35. The van der Waals surface area contributed by atoms with E-state index < -0.39 is 0 Å². The van der Waals surface area contributed by atoms with Gasteiger partial charge in [0.15, 0.2) is 0 Å². The van der Waals surface area contributed by atoms with Crippen LogP contribution in [0.25, 0.3) is 16.9 Å². The maximum absolute atomic E-state index is 10.3. The molecule has 2 aromatic heterocycles. The summed E-state index contributed by atoms with van der Waals surface area (Å²) in [7, 11) is 1.62. The molecule has 0 amide bonds. The largest absolute Gasteiger partial charge is 0.496 e. The minimum absolute atomic E-state index is 0.0201. The molecule has 6 nitrogen and oxygen atoms in total. The molecule has 25 heavy (non-hydrogen) atoms. The number of halogens is 1. The van der Waals surface area contributed by atoms with E-state index in [-0.39, 0.29) is 12.1 Å². The fourth-order valence-corrected chi connectivity index (χ4v) is 3.59. The second kappa shape index (κ2) is 6.54. The van der Waals surface area contributed by atoms with Crippen LogP contribution in [0.3, 0.4) is 0 Å². The molecule has 2 atom stereocenters. The average Bonchev–Trinajstić information content (AvgIpc) is 3.34. The predicted octanol–water partition coefficient (Wildman–Crippen LogP) is 3.48. The van der Waals surface area contributed by atoms with Crippen molar-refractivity contribution in [1.29, 1.82) is 0 Å². The molecule has 1 aliphatic carbocycles. The van der Waals surface area contributed by atoms with E-state index in [2.05, 4.69) is 5.10 Å². The van der Waals surface area contributed by atoms with Crippen molar-refractivity contribution in [3.63, 3.8) is 0 Å². The lowest BCUT2D eigenvalue weighted by atomic mass is 10.1. The molecule has 3 aromatic rings. The monoisotopic (exact) mass is 358 g/mol. The molecule has 0 unspecified atom stereocenters. The van der Waals surface area contributed by atoms with E-state index in [0.29, 0.717) is 10.8 Å². The Morgan fingerprint density at radius 3 is 2.88 bits per heavy atom. The highest BCUT2D eigenvalue weighted by molar-refractivity contribution is 6.31. The first-order valence-electron chi connectivity index (χ1n) is 8.28. The Labute approximate surface area is 150 Å². The Balaban J connectivity index is 1.89. The Hall–Kier alpha value is -2.31. The summed E-state index contributed by atoms with van der Waals surface area (Å²) in [6.45, 7) is 0. The van der Waals surface area contributed by atoms with Crippen molar-refractivity contribution >= 4 is 11.6 Å². The molecule has 0 saturated heterocycles. The summed E-state index contributed by atoms with van der Waals surface area (Å²) >= 11 is 6.21. The molecule has 4 rings (SSSR count). The van der Waals surface area contributed by atoms with E-state index in [4.69, 9.17) is 21.4 Å². The highest BCUT2D eigenvalue weighted by atomic mass is 35.5. The van der Waals surface area contributed by atoms with Gasteiger partial charge in [-0.3, -0.25) is 4.68 Å². The maximum Gasteiger partial charge on any atom is 0.128 e. The molecule has 0 aliphatic heterocycles. The zero-order valence-electron chi connectivity index (χ0n) is 13.8. The number of nitrogens with zero attached hydrogens (tertiary/aromatic N) is 4. The van der Waals surface area contributed by atoms with Gasteiger partial charge in [-0.05, 0) is 43.5 Å². The normalized spacial score (nSPS) is 20.1. The van der Waals surface area contributed by atoms with Crippen LogP contribution in [0.5, 0.6) is 5.75 Å². The van der Waals surface area contributed by atoms with Crippen molar-refractivity contribution in [2.45, 2.75) is 31.4 Å². The molecule has 7 heteroatoms. The first-order valence-corrected chi connectivity index (χ1v) is 8.66. The fourth-order valence-electron chi connectivity index (χ4n) is 3.42. The summed E-state index contributed by atoms with van der Waals surface area (Å²) in [5.74, 6) is 0.690. The van der Waals surface area contributed by atoms with Gasteiger partial charge in [0, 0.05) is 23.0 Å². The highest BCUT2D eigenvalue weighted by Crippen LogP contribution is 2.37. The van der Waals surface area contributed by atoms with Gasteiger partial charge in [-0.1, -0.05) is 11.6 Å². The van der Waals surface area contributed by atoms with E-state index in [9.17, 15) is 5.11 Å². The molecule has 1 saturated carbocycles. The summed E-state index contributed by atoms with van der Waals surface area (Å²) < 4.78 is 9.11. The summed E-state index contributed by atoms with van der Waals surface area (Å²) in [6.07, 6.45) is 7.86. The Bertz CT molecular complexity index is 875. The standard InChI is InChI=1S/C18H19ClN4O2/c1-25-17-7-6-12(19)10-13(17)18-15(22-9-3-8-20-22)11-23(21-18)14-4-2-5-16(14)24/h3,6-11,14,16,24H,2,4-5H2,1H3/t14-,16-/m0/s1. The number of ether oxygens (including phenoxy) is 1. The molecule has 0 spiro atoms. The first-order chi connectivity index (χ1) is 12.2. The van der Waals surface area contributed by atoms with E-state index in [1.165, 1.54) is 0 Å². The van der Waals surface area contributed by atoms with E-state index in [1.807, 2.05) is 35.3 Å². The number of aliphatic hydroxyl groups excluding tert-OH is 1. The molecule has 1 N–H and O–H groups in total. The van der Waals surface area contributed by atoms with Gasteiger partial charge in [-0.15, -0.1) is 0 Å². The third kappa shape index (κ3) is 2.92. The van der Waals surface area contributed by atoms with E-state index >= 15 is 0 Å². The zero-order valence-corrected chi connectivity index (χ0v) is 14.6. The minimum atomic E-state index is -0.375. The summed E-state index contributed by atoms with van der Waals surface area (Å²) in [6, 6.07) is 7.29. The minimum Gasteiger partial charge on any atom is -0.496 e. The predicted molar refractivity (Wildman–Crippen MR) is 95.2 cm³/mol. The van der Waals surface area contributed by atoms with Crippen LogP contribution in [0.1, 0.15) is 25.3 Å². The van der Waals surface area contributed by atoms with Crippen LogP contribution in [0.15, 0.2) is 42.9 Å². The van der Waals surface area contributed by atoms with Gasteiger partial charge < -0.3 is 9.84 Å². The second-order valence-electron chi connectivity index (χ2n) is 6.20. The van der Waals surface area contributed by atoms with Crippen LogP contribution in [-0.4, -0.2) is 37.9 Å². The van der Waals surface area contributed by atoms with Gasteiger partial charge in [0.25, 0.3) is 0 Å². The number of methoxy groups -OCH3 is 1. The molecule has 130 valence electrons. The van der Waals surface area contributed by atoms with Crippen LogP contribution in [0.4, 0.5) is 0 Å². The lowest BCUT2D eigenvalue weighted by molar-refractivity contribution is 0.130. The average molecular weight is 359 g/mol. The van der Waals surface area contributed by atoms with Crippen LogP contribution >= 0.6 is 11.6 Å². The number of aromatic nitrogens is 4. The SMILES string of the molecule is COc1ccc(Cl)cc1-c1nn([C@H]2CCC[C@@H]2O)cc1-n1cccn1. The zero-order chi connectivity index (χ0) is 17.4. The quantitative estimate of drug-likeness (QED) is 0.775. The lowest BCUT2D eigenvalue weighted by Crippen LogP contribution is -2.18. The molecule has 0 bridgehead atoms. The molecular weight excluding hydrogens is 340 g/mol. The van der Waals surface area contributed by atoms with Crippen molar-refractivity contribution in [2.24, 2.45) is 0 Å². The second-order valence-corrected chi connectivity index (χ2v) is 6.64. The number of hydrogen-bond acceptors (Lipinski definition) is 4. The number of hydrogen-bond donors (Lipinski definition) is 1. The summed E-state index contributed by atoms with van der Waals surface area (Å²) in [5, 5.41) is 20.0. The van der Waals surface area contributed by atoms with E-state index in [0.717, 1.165) is 36.2 Å². The van der Waals surface area contributed by atoms with Gasteiger partial charge >= 0.3 is 0 Å². The van der Waals surface area contributed by atoms with Gasteiger partial charge in [0.1, 0.15) is 17.1 Å². The molecule has 1 aliphatic rings. The van der Waals surface area contributed by atoms with Crippen molar-refractivity contribution < 1.29 is 9.84 Å². The maximum atomic E-state index is 10.3. The van der Waals surface area contributed by atoms with E-state index in [1.54, 1.807) is 24.1 Å². The van der Waals surface area contributed by atoms with Crippen LogP contribution in [0.2, 0.25) is 5.02 Å². The Kier molecular flexibility index (Phi) is 4.23. The van der Waals surface area contributed by atoms with Crippen LogP contribution in [0, 0.1) is 0 Å². The number of rotatable bonds is 4. The van der Waals surface area contributed by atoms with Gasteiger partial charge in [0.2, 0.25) is 0 Å². The molecule has 1 aromatic carbocycles. The topological polar surface area (TPSA) is 65.1 Å². The van der Waals surface area contributed by atoms with Crippen LogP contribution in [-0.2, 0) is 0 Å². The fraction of sp³-hybridized carbons (Fsp3) is 0.333. The lowest BCUT2D eigenvalue weighted by Gasteiger charge is -2.14. The molecule has 0 radical (unpaired) electrons. The van der Waals surface area contributed by atoms with Gasteiger partial charge in [-0.25, -0.2) is 4.68 Å². The molecule has 1 fully saturated rings. The third-order valence-electron chi connectivity index (χ3n) is 4.66. The van der Waals surface area contributed by atoms with Crippen molar-refractivity contribution in [2.75, 3.05) is 7.11 Å². The number of aliphatic hydroxyl groups is 1. The molecule has 2 heterocycles. The number of benzene rings is 1. The van der Waals surface area contributed by atoms with Gasteiger partial charge in [0.05, 0.1) is 25.5 Å². The van der Waals surface area contributed by atoms with Crippen molar-refractivity contribution in [3.05, 3.63) is 47.9 Å². The van der Waals surface area contributed by atoms with Gasteiger partial charge in [-0.2, -0.15) is 10.2 Å². The molecular formula is C18H19ClN4O2. The highest BCUT2D eigenvalue weighted by Gasteiger charge is 2.29. The summed E-state index contributed by atoms with van der Waals surface area (Å²) in [4.78, 5) is 0. The Morgan fingerprint density at radius 1 is 1.32 bits per heavy atom. The third-order valence-corrected chi connectivity index (χ3v) is 4.90. The first kappa shape index (κ1) is 16.2. The van der Waals surface area contributed by atoms with Crippen LogP contribution < -0.4 is 4.74 Å². The van der Waals surface area contributed by atoms with Crippen molar-refractivity contribution in [3.8, 4) is 22.7 Å².